The van der Waals surface area contributed by atoms with Gasteiger partial charge in [-0.3, -0.25) is 9.59 Å². The van der Waals surface area contributed by atoms with Gasteiger partial charge >= 0.3 is 0 Å². The highest BCUT2D eigenvalue weighted by Crippen LogP contribution is 2.19. The Bertz CT molecular complexity index is 602. The van der Waals surface area contributed by atoms with Gasteiger partial charge in [0.1, 0.15) is 6.10 Å². The number of nitrogens with zero attached hydrogens (tertiary/aromatic N) is 2. The molecule has 1 aromatic rings. The van der Waals surface area contributed by atoms with Gasteiger partial charge in [-0.2, -0.15) is 0 Å². The summed E-state index contributed by atoms with van der Waals surface area (Å²) in [7, 11) is 0. The van der Waals surface area contributed by atoms with Gasteiger partial charge in [-0.25, -0.2) is 0 Å². The van der Waals surface area contributed by atoms with Gasteiger partial charge in [0.15, 0.2) is 0 Å². The zero-order valence-electron chi connectivity index (χ0n) is 15.1. The first kappa shape index (κ1) is 18.7. The standard InChI is InChI=1S/C19H28N4O3/c20-14-16-6-7-17(26-16)19(25)21-9-8-18(24)23-12-10-22(11-13-23)15-4-2-1-3-5-15/h1-5,16-17H,6-14,20H2,(H,21,25)/t16-,17+/m1/s1. The number of amides is 2. The monoisotopic (exact) mass is 360 g/mol. The van der Waals surface area contributed by atoms with E-state index in [9.17, 15) is 9.59 Å². The van der Waals surface area contributed by atoms with Crippen molar-refractivity contribution in [1.82, 2.24) is 10.2 Å². The van der Waals surface area contributed by atoms with Gasteiger partial charge < -0.3 is 25.6 Å². The molecule has 7 nitrogen and oxygen atoms in total. The molecule has 2 aliphatic heterocycles. The second kappa shape index (κ2) is 9.00. The van der Waals surface area contributed by atoms with E-state index >= 15 is 0 Å². The lowest BCUT2D eigenvalue weighted by Gasteiger charge is -2.36. The predicted molar refractivity (Wildman–Crippen MR) is 99.8 cm³/mol. The number of nitrogens with two attached hydrogens (primary N) is 1. The van der Waals surface area contributed by atoms with Gasteiger partial charge in [-0.05, 0) is 25.0 Å². The predicted octanol–water partition coefficient (Wildman–Crippen LogP) is 0.348. The molecule has 2 amide bonds. The summed E-state index contributed by atoms with van der Waals surface area (Å²) in [5.74, 6) is -0.0483. The number of anilines is 1. The Morgan fingerprint density at radius 1 is 1.12 bits per heavy atom. The lowest BCUT2D eigenvalue weighted by molar-refractivity contribution is -0.133. The number of rotatable bonds is 6. The van der Waals surface area contributed by atoms with Crippen molar-refractivity contribution < 1.29 is 14.3 Å². The molecule has 26 heavy (non-hydrogen) atoms. The molecule has 2 aliphatic rings. The summed E-state index contributed by atoms with van der Waals surface area (Å²) in [5, 5.41) is 2.81. The van der Waals surface area contributed by atoms with Crippen LogP contribution in [0.2, 0.25) is 0 Å². The van der Waals surface area contributed by atoms with E-state index in [1.807, 2.05) is 23.1 Å². The number of hydrogen-bond acceptors (Lipinski definition) is 5. The third-order valence-corrected chi connectivity index (χ3v) is 5.05. The summed E-state index contributed by atoms with van der Waals surface area (Å²) in [6, 6.07) is 10.2. The third kappa shape index (κ3) is 4.74. The van der Waals surface area contributed by atoms with Crippen LogP contribution in [0.1, 0.15) is 19.3 Å². The Labute approximate surface area is 154 Å². The first-order chi connectivity index (χ1) is 12.7. The summed E-state index contributed by atoms with van der Waals surface area (Å²) >= 11 is 0. The Kier molecular flexibility index (Phi) is 6.46. The van der Waals surface area contributed by atoms with Crippen LogP contribution in [-0.4, -0.2) is 68.2 Å². The normalized spacial score (nSPS) is 23.1. The number of benzene rings is 1. The van der Waals surface area contributed by atoms with E-state index in [2.05, 4.69) is 22.3 Å². The minimum absolute atomic E-state index is 0.0201. The van der Waals surface area contributed by atoms with Crippen LogP contribution < -0.4 is 16.0 Å². The number of carbonyl (C=O) groups is 2. The SMILES string of the molecule is NC[C@H]1CC[C@@H](C(=O)NCCC(=O)N2CCN(c3ccccc3)CC2)O1. The highest BCUT2D eigenvalue weighted by atomic mass is 16.5. The Morgan fingerprint density at radius 3 is 2.50 bits per heavy atom. The van der Waals surface area contributed by atoms with Gasteiger partial charge in [-0.1, -0.05) is 18.2 Å². The smallest absolute Gasteiger partial charge is 0.249 e. The van der Waals surface area contributed by atoms with Crippen molar-refractivity contribution in [3.63, 3.8) is 0 Å². The van der Waals surface area contributed by atoms with Crippen LogP contribution in [0.3, 0.4) is 0 Å². The van der Waals surface area contributed by atoms with Gasteiger partial charge in [0, 0.05) is 51.4 Å². The van der Waals surface area contributed by atoms with Crippen molar-refractivity contribution in [2.45, 2.75) is 31.5 Å². The second-order valence-corrected chi connectivity index (χ2v) is 6.80. The number of carbonyl (C=O) groups excluding carboxylic acids is 2. The fourth-order valence-corrected chi connectivity index (χ4v) is 3.49. The maximum Gasteiger partial charge on any atom is 0.249 e. The van der Waals surface area contributed by atoms with Crippen molar-refractivity contribution in [1.29, 1.82) is 0 Å². The highest BCUT2D eigenvalue weighted by molar-refractivity contribution is 5.82. The third-order valence-electron chi connectivity index (χ3n) is 5.05. The molecule has 0 unspecified atom stereocenters. The molecule has 2 atom stereocenters. The number of para-hydroxylation sites is 1. The highest BCUT2D eigenvalue weighted by Gasteiger charge is 2.29. The molecule has 0 aliphatic carbocycles. The van der Waals surface area contributed by atoms with Crippen molar-refractivity contribution in [2.75, 3.05) is 44.2 Å². The van der Waals surface area contributed by atoms with Crippen molar-refractivity contribution >= 4 is 17.5 Å². The lowest BCUT2D eigenvalue weighted by Crippen LogP contribution is -2.49. The molecule has 0 saturated carbocycles. The first-order valence-corrected chi connectivity index (χ1v) is 9.38. The van der Waals surface area contributed by atoms with Crippen molar-refractivity contribution in [3.8, 4) is 0 Å². The molecule has 3 rings (SSSR count). The van der Waals surface area contributed by atoms with E-state index in [1.54, 1.807) is 0 Å². The average molecular weight is 360 g/mol. The largest absolute Gasteiger partial charge is 0.368 e. The molecular weight excluding hydrogens is 332 g/mol. The zero-order chi connectivity index (χ0) is 18.4. The van der Waals surface area contributed by atoms with Crippen molar-refractivity contribution in [3.05, 3.63) is 30.3 Å². The molecule has 2 saturated heterocycles. The summed E-state index contributed by atoms with van der Waals surface area (Å²) in [4.78, 5) is 28.6. The van der Waals surface area contributed by atoms with Crippen LogP contribution in [0.25, 0.3) is 0 Å². The molecule has 2 fully saturated rings. The molecule has 2 heterocycles. The maximum absolute atomic E-state index is 12.4. The van der Waals surface area contributed by atoms with Crippen LogP contribution >= 0.6 is 0 Å². The minimum atomic E-state index is -0.423. The summed E-state index contributed by atoms with van der Waals surface area (Å²) in [6.45, 7) is 3.88. The second-order valence-electron chi connectivity index (χ2n) is 6.80. The van der Waals surface area contributed by atoms with Gasteiger partial charge in [0.25, 0.3) is 0 Å². The molecule has 0 radical (unpaired) electrons. The van der Waals surface area contributed by atoms with Gasteiger partial charge in [-0.15, -0.1) is 0 Å². The number of nitrogens with one attached hydrogen (secondary N) is 1. The number of piperazine rings is 1. The lowest BCUT2D eigenvalue weighted by atomic mass is 10.2. The Balaban J connectivity index is 1.35. The van der Waals surface area contributed by atoms with Crippen LogP contribution in [0.15, 0.2) is 30.3 Å². The Morgan fingerprint density at radius 2 is 1.85 bits per heavy atom. The minimum Gasteiger partial charge on any atom is -0.368 e. The molecule has 1 aromatic carbocycles. The van der Waals surface area contributed by atoms with E-state index in [1.165, 1.54) is 5.69 Å². The van der Waals surface area contributed by atoms with E-state index in [-0.39, 0.29) is 17.9 Å². The van der Waals surface area contributed by atoms with Crippen LogP contribution in [-0.2, 0) is 14.3 Å². The van der Waals surface area contributed by atoms with Crippen LogP contribution in [0.4, 0.5) is 5.69 Å². The molecular formula is C19H28N4O3. The molecule has 7 heteroatoms. The summed E-state index contributed by atoms with van der Waals surface area (Å²) in [6.07, 6.45) is 1.40. The van der Waals surface area contributed by atoms with E-state index < -0.39 is 6.10 Å². The molecule has 0 bridgehead atoms. The summed E-state index contributed by atoms with van der Waals surface area (Å²) < 4.78 is 5.56. The van der Waals surface area contributed by atoms with Crippen molar-refractivity contribution in [2.24, 2.45) is 5.73 Å². The van der Waals surface area contributed by atoms with Gasteiger partial charge in [0.2, 0.25) is 11.8 Å². The molecule has 0 spiro atoms. The zero-order valence-corrected chi connectivity index (χ0v) is 15.1. The molecule has 0 aromatic heterocycles. The molecule has 3 N–H and O–H groups in total. The van der Waals surface area contributed by atoms with E-state index in [0.29, 0.717) is 39.0 Å². The summed E-state index contributed by atoms with van der Waals surface area (Å²) in [5.41, 5.74) is 6.75. The van der Waals surface area contributed by atoms with E-state index in [4.69, 9.17) is 10.5 Å². The van der Waals surface area contributed by atoms with Gasteiger partial charge in [0.05, 0.1) is 6.10 Å². The quantitative estimate of drug-likeness (QED) is 0.764. The van der Waals surface area contributed by atoms with Crippen LogP contribution in [0.5, 0.6) is 0 Å². The maximum atomic E-state index is 12.4. The van der Waals surface area contributed by atoms with E-state index in [0.717, 1.165) is 19.5 Å². The number of ether oxygens (including phenoxy) is 1. The topological polar surface area (TPSA) is 87.9 Å². The Hall–Kier alpha value is -2.12. The molecule has 142 valence electrons. The fraction of sp³-hybridized carbons (Fsp3) is 0.579. The fourth-order valence-electron chi connectivity index (χ4n) is 3.49. The first-order valence-electron chi connectivity index (χ1n) is 9.38. The van der Waals surface area contributed by atoms with Crippen LogP contribution in [0, 0.1) is 0 Å². The number of hydrogen-bond donors (Lipinski definition) is 2. The average Bonchev–Trinajstić information content (AvgIpc) is 3.18.